The van der Waals surface area contributed by atoms with E-state index in [9.17, 15) is 0 Å². The Morgan fingerprint density at radius 3 is 2.58 bits per heavy atom. The number of aromatic nitrogens is 2. The third-order valence-corrected chi connectivity index (χ3v) is 3.88. The summed E-state index contributed by atoms with van der Waals surface area (Å²) in [6.07, 6.45) is 2.29. The van der Waals surface area contributed by atoms with Crippen LogP contribution in [-0.4, -0.2) is 47.4 Å². The molecule has 0 saturated carbocycles. The summed E-state index contributed by atoms with van der Waals surface area (Å²) in [7, 11) is 4.19. The van der Waals surface area contributed by atoms with Gasteiger partial charge in [-0.15, -0.1) is 0 Å². The molecular weight excluding hydrogens is 236 g/mol. The quantitative estimate of drug-likeness (QED) is 0.730. The summed E-state index contributed by atoms with van der Waals surface area (Å²) in [4.78, 5) is 2.34. The highest BCUT2D eigenvalue weighted by Crippen LogP contribution is 2.13. The number of rotatable bonds is 8. The second-order valence-electron chi connectivity index (χ2n) is 5.59. The fraction of sp³-hybridized carbons (Fsp3) is 0.800. The average Bonchev–Trinajstić information content (AvgIpc) is 2.60. The Kier molecular flexibility index (Phi) is 6.52. The van der Waals surface area contributed by atoms with Crippen LogP contribution in [0.25, 0.3) is 0 Å². The molecule has 19 heavy (non-hydrogen) atoms. The Hall–Kier alpha value is -0.870. The predicted molar refractivity (Wildman–Crippen MR) is 81.6 cm³/mol. The third-order valence-electron chi connectivity index (χ3n) is 3.88. The summed E-state index contributed by atoms with van der Waals surface area (Å²) >= 11 is 0. The normalized spacial score (nSPS) is 13.2. The van der Waals surface area contributed by atoms with Gasteiger partial charge in [0.15, 0.2) is 0 Å². The summed E-state index contributed by atoms with van der Waals surface area (Å²) in [5.74, 6) is 0. The van der Waals surface area contributed by atoms with Gasteiger partial charge in [-0.05, 0) is 59.3 Å². The van der Waals surface area contributed by atoms with E-state index in [-0.39, 0.29) is 0 Å². The van der Waals surface area contributed by atoms with Gasteiger partial charge in [0.2, 0.25) is 0 Å². The Labute approximate surface area is 118 Å². The topological polar surface area (TPSA) is 33.1 Å². The zero-order valence-corrected chi connectivity index (χ0v) is 13.5. The molecule has 0 saturated heterocycles. The van der Waals surface area contributed by atoms with E-state index in [4.69, 9.17) is 0 Å². The van der Waals surface area contributed by atoms with E-state index >= 15 is 0 Å². The van der Waals surface area contributed by atoms with Crippen LogP contribution < -0.4 is 5.32 Å². The number of hydrogen-bond acceptors (Lipinski definition) is 3. The molecule has 0 aromatic carbocycles. The first-order valence-corrected chi connectivity index (χ1v) is 7.36. The lowest BCUT2D eigenvalue weighted by Crippen LogP contribution is -2.37. The van der Waals surface area contributed by atoms with Crippen molar-refractivity contribution in [2.45, 2.75) is 46.6 Å². The minimum absolute atomic E-state index is 0.557. The first-order valence-electron chi connectivity index (χ1n) is 7.36. The molecule has 1 unspecified atom stereocenters. The molecule has 4 nitrogen and oxygen atoms in total. The van der Waals surface area contributed by atoms with E-state index in [0.29, 0.717) is 6.04 Å². The Bertz CT molecular complexity index is 384. The Balaban J connectivity index is 2.27. The van der Waals surface area contributed by atoms with Crippen LogP contribution in [0.2, 0.25) is 0 Å². The van der Waals surface area contributed by atoms with Gasteiger partial charge in [0.05, 0.1) is 5.69 Å². The number of aryl methyl sites for hydroxylation is 2. The van der Waals surface area contributed by atoms with Gasteiger partial charge < -0.3 is 10.2 Å². The van der Waals surface area contributed by atoms with Gasteiger partial charge in [-0.1, -0.05) is 6.92 Å². The molecule has 1 N–H and O–H groups in total. The van der Waals surface area contributed by atoms with E-state index in [2.05, 4.69) is 50.1 Å². The zero-order valence-electron chi connectivity index (χ0n) is 13.5. The van der Waals surface area contributed by atoms with Crippen LogP contribution in [0.4, 0.5) is 0 Å². The molecule has 0 aliphatic rings. The smallest absolute Gasteiger partial charge is 0.0628 e. The molecule has 0 fully saturated rings. The standard InChI is InChI=1S/C15H30N4/c1-7-18(5)11-12(2)16-10-8-9-15-13(3)17-19(6)14(15)4/h12,16H,7-11H2,1-6H3. The Morgan fingerprint density at radius 2 is 2.05 bits per heavy atom. The summed E-state index contributed by atoms with van der Waals surface area (Å²) in [5.41, 5.74) is 3.90. The Morgan fingerprint density at radius 1 is 1.37 bits per heavy atom. The fourth-order valence-electron chi connectivity index (χ4n) is 2.45. The highest BCUT2D eigenvalue weighted by atomic mass is 15.3. The molecule has 1 aromatic heterocycles. The highest BCUT2D eigenvalue weighted by molar-refractivity contribution is 5.24. The lowest BCUT2D eigenvalue weighted by molar-refractivity contribution is 0.310. The van der Waals surface area contributed by atoms with E-state index < -0.39 is 0 Å². The molecule has 1 aromatic rings. The van der Waals surface area contributed by atoms with Crippen LogP contribution >= 0.6 is 0 Å². The van der Waals surface area contributed by atoms with Crippen molar-refractivity contribution in [3.8, 4) is 0 Å². The molecule has 0 bridgehead atoms. The first-order chi connectivity index (χ1) is 8.95. The number of likely N-dealkylation sites (N-methyl/N-ethyl adjacent to an activating group) is 1. The van der Waals surface area contributed by atoms with Crippen molar-refractivity contribution in [3.05, 3.63) is 17.0 Å². The molecular formula is C15H30N4. The van der Waals surface area contributed by atoms with Crippen molar-refractivity contribution in [1.29, 1.82) is 0 Å². The van der Waals surface area contributed by atoms with Crippen molar-refractivity contribution in [3.63, 3.8) is 0 Å². The van der Waals surface area contributed by atoms with Crippen LogP contribution in [0.1, 0.15) is 37.2 Å². The molecule has 0 amide bonds. The van der Waals surface area contributed by atoms with Crippen molar-refractivity contribution >= 4 is 0 Å². The largest absolute Gasteiger partial charge is 0.313 e. The summed E-state index contributed by atoms with van der Waals surface area (Å²) in [6.45, 7) is 12.0. The molecule has 0 aliphatic heterocycles. The molecule has 0 spiro atoms. The lowest BCUT2D eigenvalue weighted by atomic mass is 10.1. The predicted octanol–water partition coefficient (Wildman–Crippen LogP) is 1.90. The van der Waals surface area contributed by atoms with E-state index in [1.54, 1.807) is 0 Å². The van der Waals surface area contributed by atoms with Gasteiger partial charge in [0.25, 0.3) is 0 Å². The summed E-state index contributed by atoms with van der Waals surface area (Å²) < 4.78 is 1.98. The SMILES string of the molecule is CCN(C)CC(C)NCCCc1c(C)nn(C)c1C. The monoisotopic (exact) mass is 266 g/mol. The second-order valence-corrected chi connectivity index (χ2v) is 5.59. The van der Waals surface area contributed by atoms with Gasteiger partial charge in [-0.2, -0.15) is 5.10 Å². The number of nitrogens with one attached hydrogen (secondary N) is 1. The molecule has 4 heteroatoms. The minimum atomic E-state index is 0.557. The molecule has 1 heterocycles. The highest BCUT2D eigenvalue weighted by Gasteiger charge is 2.09. The van der Waals surface area contributed by atoms with Crippen LogP contribution in [0.5, 0.6) is 0 Å². The molecule has 0 aliphatic carbocycles. The van der Waals surface area contributed by atoms with Crippen LogP contribution in [0, 0.1) is 13.8 Å². The lowest BCUT2D eigenvalue weighted by Gasteiger charge is -2.20. The average molecular weight is 266 g/mol. The number of hydrogen-bond donors (Lipinski definition) is 1. The maximum atomic E-state index is 4.46. The van der Waals surface area contributed by atoms with Crippen molar-refractivity contribution < 1.29 is 0 Å². The molecule has 1 rings (SSSR count). The van der Waals surface area contributed by atoms with Gasteiger partial charge >= 0.3 is 0 Å². The fourth-order valence-corrected chi connectivity index (χ4v) is 2.45. The molecule has 110 valence electrons. The van der Waals surface area contributed by atoms with Crippen LogP contribution in [0.15, 0.2) is 0 Å². The van der Waals surface area contributed by atoms with Crippen LogP contribution in [-0.2, 0) is 13.5 Å². The van der Waals surface area contributed by atoms with Crippen LogP contribution in [0.3, 0.4) is 0 Å². The van der Waals surface area contributed by atoms with Crippen molar-refractivity contribution in [1.82, 2.24) is 20.0 Å². The molecule has 1 atom stereocenters. The van der Waals surface area contributed by atoms with E-state index in [1.165, 1.54) is 23.4 Å². The second kappa shape index (κ2) is 7.65. The van der Waals surface area contributed by atoms with Crippen molar-refractivity contribution in [2.24, 2.45) is 7.05 Å². The maximum Gasteiger partial charge on any atom is 0.0628 e. The zero-order chi connectivity index (χ0) is 14.4. The van der Waals surface area contributed by atoms with E-state index in [1.807, 2.05) is 11.7 Å². The summed E-state index contributed by atoms with van der Waals surface area (Å²) in [5, 5.41) is 8.06. The first kappa shape index (κ1) is 16.2. The molecule has 0 radical (unpaired) electrons. The van der Waals surface area contributed by atoms with Gasteiger partial charge in [-0.25, -0.2) is 0 Å². The van der Waals surface area contributed by atoms with E-state index in [0.717, 1.165) is 26.1 Å². The van der Waals surface area contributed by atoms with Gasteiger partial charge in [-0.3, -0.25) is 4.68 Å². The number of nitrogens with zero attached hydrogens (tertiary/aromatic N) is 3. The summed E-state index contributed by atoms with van der Waals surface area (Å²) in [6, 6.07) is 0.557. The van der Waals surface area contributed by atoms with Gasteiger partial charge in [0.1, 0.15) is 0 Å². The van der Waals surface area contributed by atoms with Gasteiger partial charge in [0, 0.05) is 25.3 Å². The minimum Gasteiger partial charge on any atom is -0.313 e. The third kappa shape index (κ3) is 4.96. The van der Waals surface area contributed by atoms with Crippen molar-refractivity contribution in [2.75, 3.05) is 26.7 Å². The maximum absolute atomic E-state index is 4.46.